The van der Waals surface area contributed by atoms with E-state index in [1.165, 1.54) is 12.7 Å². The second-order valence-electron chi connectivity index (χ2n) is 12.1. The summed E-state index contributed by atoms with van der Waals surface area (Å²) in [6.45, 7) is 18.2. The number of aromatic nitrogens is 2. The molecule has 0 bridgehead atoms. The molecule has 5 rings (SSSR count). The molecule has 6 atom stereocenters. The van der Waals surface area contributed by atoms with Gasteiger partial charge in [0, 0.05) is 69.7 Å². The van der Waals surface area contributed by atoms with Crippen LogP contribution in [0.5, 0.6) is 0 Å². The molecule has 1 aliphatic carbocycles. The lowest BCUT2D eigenvalue weighted by atomic mass is 9.72. The van der Waals surface area contributed by atoms with Crippen molar-refractivity contribution in [3.63, 3.8) is 0 Å². The molecular formula is C37H57ClN6O5. The lowest BCUT2D eigenvalue weighted by Crippen LogP contribution is -2.60. The zero-order valence-corrected chi connectivity index (χ0v) is 31.1. The molecule has 3 aliphatic heterocycles. The van der Waals surface area contributed by atoms with E-state index in [0.29, 0.717) is 44.4 Å². The number of carbonyl (C=O) groups is 2. The van der Waals surface area contributed by atoms with Gasteiger partial charge in [0.25, 0.3) is 0 Å². The van der Waals surface area contributed by atoms with Crippen molar-refractivity contribution in [2.75, 3.05) is 53.1 Å². The van der Waals surface area contributed by atoms with Crippen molar-refractivity contribution in [3.05, 3.63) is 77.6 Å². The van der Waals surface area contributed by atoms with Crippen LogP contribution in [0.3, 0.4) is 0 Å². The highest BCUT2D eigenvalue weighted by Crippen LogP contribution is 2.41. The maximum Gasteiger partial charge on any atom is 0.410 e. The molecule has 12 heteroatoms. The first-order valence-corrected chi connectivity index (χ1v) is 18.0. The first-order chi connectivity index (χ1) is 23.8. The van der Waals surface area contributed by atoms with E-state index in [4.69, 9.17) is 25.8 Å². The Labute approximate surface area is 298 Å². The highest BCUT2D eigenvalue weighted by Gasteiger charge is 2.42. The zero-order valence-electron chi connectivity index (χ0n) is 30.4. The van der Waals surface area contributed by atoms with E-state index < -0.39 is 6.04 Å². The van der Waals surface area contributed by atoms with Crippen molar-refractivity contribution in [2.24, 2.45) is 18.9 Å². The summed E-state index contributed by atoms with van der Waals surface area (Å²) < 4.78 is 18.1. The number of methoxy groups -OCH3 is 1. The lowest BCUT2D eigenvalue weighted by molar-refractivity contribution is -0.125. The van der Waals surface area contributed by atoms with Crippen LogP contribution in [-0.2, 0) is 26.1 Å². The SMILES string of the molecule is C=C(C1C=C(Cl)C=CC1[C@@H](C1NC=CCC=C1C)N1CCN(C(=O)O[C@H]2CCOC2)CC1)[C@@H](NC(=O)COC)c1cncn1C.CC.CC. The van der Waals surface area contributed by atoms with Gasteiger partial charge in [0.05, 0.1) is 43.5 Å². The molecule has 4 aliphatic rings. The van der Waals surface area contributed by atoms with Crippen molar-refractivity contribution < 1.29 is 23.8 Å². The monoisotopic (exact) mass is 700 g/mol. The molecule has 2 amide bonds. The van der Waals surface area contributed by atoms with E-state index in [-0.39, 0.29) is 48.6 Å². The second kappa shape index (κ2) is 20.3. The standard InChI is InChI=1S/C33H45ClN6O5.2C2H6/c1-22-7-5-6-11-36-30(22)32(39-12-14-40(15-13-39)33(42)45-25-10-16-44-19-25)26-9-8-24(34)17-27(26)23(2)31(37-29(41)20-43-4)28-18-35-21-38(28)3;2*1-2/h6-9,11,17-18,21,25-27,30-32,36H,2,5,10,12-16,19-20H2,1,3-4H3,(H,37,41);2*1-2H3/t25-,26?,27?,30?,31+,32-;;/m0../s1. The Kier molecular flexibility index (Phi) is 16.6. The maximum atomic E-state index is 13.0. The average Bonchev–Trinajstić information content (AvgIpc) is 3.75. The van der Waals surface area contributed by atoms with Crippen molar-refractivity contribution in [3.8, 4) is 0 Å². The third-order valence-corrected chi connectivity index (χ3v) is 9.36. The predicted octanol–water partition coefficient (Wildman–Crippen LogP) is 5.49. The van der Waals surface area contributed by atoms with Gasteiger partial charge in [-0.15, -0.1) is 0 Å². The largest absolute Gasteiger partial charge is 0.444 e. The van der Waals surface area contributed by atoms with Gasteiger partial charge >= 0.3 is 6.09 Å². The Bertz CT molecular complexity index is 1340. The van der Waals surface area contributed by atoms with Gasteiger partial charge in [-0.05, 0) is 31.2 Å². The van der Waals surface area contributed by atoms with Crippen molar-refractivity contribution in [2.45, 2.75) is 71.7 Å². The summed E-state index contributed by atoms with van der Waals surface area (Å²) in [6.07, 6.45) is 17.2. The summed E-state index contributed by atoms with van der Waals surface area (Å²) in [7, 11) is 3.39. The number of rotatable bonds is 10. The molecule has 11 nitrogen and oxygen atoms in total. The predicted molar refractivity (Wildman–Crippen MR) is 195 cm³/mol. The number of carbonyl (C=O) groups excluding carboxylic acids is 2. The molecule has 0 aromatic carbocycles. The lowest BCUT2D eigenvalue weighted by Gasteiger charge is -2.47. The van der Waals surface area contributed by atoms with E-state index in [2.05, 4.69) is 52.2 Å². The summed E-state index contributed by atoms with van der Waals surface area (Å²) in [5.74, 6) is -0.528. The number of hydrogen-bond donors (Lipinski definition) is 2. The summed E-state index contributed by atoms with van der Waals surface area (Å²) in [6, 6.07) is -0.553. The van der Waals surface area contributed by atoms with Crippen molar-refractivity contribution in [1.82, 2.24) is 30.0 Å². The fourth-order valence-corrected chi connectivity index (χ4v) is 6.90. The van der Waals surface area contributed by atoms with Gasteiger partial charge < -0.3 is 34.3 Å². The van der Waals surface area contributed by atoms with Gasteiger partial charge in [-0.2, -0.15) is 0 Å². The third-order valence-electron chi connectivity index (χ3n) is 9.11. The number of aryl methyl sites for hydroxylation is 1. The van der Waals surface area contributed by atoms with Gasteiger partial charge in [-0.25, -0.2) is 9.78 Å². The van der Waals surface area contributed by atoms with Crippen LogP contribution in [0.4, 0.5) is 4.79 Å². The summed E-state index contributed by atoms with van der Waals surface area (Å²) in [5, 5.41) is 7.40. The highest BCUT2D eigenvalue weighted by atomic mass is 35.5. The highest BCUT2D eigenvalue weighted by molar-refractivity contribution is 6.31. The number of ether oxygens (including phenoxy) is 3. The fraction of sp³-hybridized carbons (Fsp3) is 0.595. The molecule has 0 saturated carbocycles. The van der Waals surface area contributed by atoms with E-state index in [9.17, 15) is 9.59 Å². The molecule has 272 valence electrons. The number of amides is 2. The Hall–Kier alpha value is -3.38. The van der Waals surface area contributed by atoms with Crippen LogP contribution in [0.2, 0.25) is 0 Å². The number of nitrogens with one attached hydrogen (secondary N) is 2. The first-order valence-electron chi connectivity index (χ1n) is 17.6. The Morgan fingerprint density at radius 2 is 1.94 bits per heavy atom. The molecule has 4 heterocycles. The minimum absolute atomic E-state index is 0.00801. The number of hydrogen-bond acceptors (Lipinski definition) is 8. The third kappa shape index (κ3) is 10.6. The van der Waals surface area contributed by atoms with Crippen LogP contribution in [0, 0.1) is 11.8 Å². The number of nitrogens with zero attached hydrogens (tertiary/aromatic N) is 4. The molecule has 2 saturated heterocycles. The van der Waals surface area contributed by atoms with Gasteiger partial charge in [-0.1, -0.05) is 75.8 Å². The van der Waals surface area contributed by atoms with Gasteiger partial charge in [-0.3, -0.25) is 9.69 Å². The fourth-order valence-electron chi connectivity index (χ4n) is 6.69. The zero-order chi connectivity index (χ0) is 35.9. The smallest absolute Gasteiger partial charge is 0.410 e. The van der Waals surface area contributed by atoms with Gasteiger partial charge in [0.1, 0.15) is 12.7 Å². The van der Waals surface area contributed by atoms with Crippen LogP contribution in [-0.4, -0.2) is 103 Å². The Balaban J connectivity index is 0.00000157. The van der Waals surface area contributed by atoms with Crippen molar-refractivity contribution >= 4 is 23.6 Å². The van der Waals surface area contributed by atoms with E-state index in [0.717, 1.165) is 24.1 Å². The molecule has 49 heavy (non-hydrogen) atoms. The van der Waals surface area contributed by atoms with Crippen LogP contribution in [0.1, 0.15) is 59.2 Å². The summed E-state index contributed by atoms with van der Waals surface area (Å²) >= 11 is 6.68. The molecule has 3 unspecified atom stereocenters. The Morgan fingerprint density at radius 1 is 1.20 bits per heavy atom. The molecule has 0 radical (unpaired) electrons. The quantitative estimate of drug-likeness (QED) is 0.309. The van der Waals surface area contributed by atoms with Crippen molar-refractivity contribution in [1.29, 1.82) is 0 Å². The molecule has 1 aromatic rings. The Morgan fingerprint density at radius 3 is 2.57 bits per heavy atom. The first kappa shape index (κ1) is 40.1. The maximum absolute atomic E-state index is 13.0. The topological polar surface area (TPSA) is 110 Å². The van der Waals surface area contributed by atoms with Gasteiger partial charge in [0.2, 0.25) is 5.91 Å². The minimum Gasteiger partial charge on any atom is -0.444 e. The van der Waals surface area contributed by atoms with Crippen LogP contribution in [0.15, 0.2) is 71.9 Å². The van der Waals surface area contributed by atoms with E-state index in [1.807, 2.05) is 57.7 Å². The van der Waals surface area contributed by atoms with E-state index in [1.54, 1.807) is 17.4 Å². The van der Waals surface area contributed by atoms with E-state index >= 15 is 0 Å². The molecule has 2 N–H and O–H groups in total. The average molecular weight is 701 g/mol. The summed E-state index contributed by atoms with van der Waals surface area (Å²) in [5.41, 5.74) is 2.85. The second-order valence-corrected chi connectivity index (χ2v) is 12.5. The molecule has 2 fully saturated rings. The minimum atomic E-state index is -0.523. The van der Waals surface area contributed by atoms with Gasteiger partial charge in [0.15, 0.2) is 0 Å². The number of allylic oxidation sites excluding steroid dienone is 5. The number of piperazine rings is 1. The normalized spacial score (nSPS) is 24.8. The van der Waals surface area contributed by atoms with Crippen LogP contribution in [0.25, 0.3) is 0 Å². The summed E-state index contributed by atoms with van der Waals surface area (Å²) in [4.78, 5) is 34.4. The van der Waals surface area contributed by atoms with Crippen LogP contribution < -0.4 is 10.6 Å². The van der Waals surface area contributed by atoms with Crippen LogP contribution >= 0.6 is 11.6 Å². The molecule has 0 spiro atoms. The molecule has 1 aromatic heterocycles. The number of halogens is 1. The number of imidazole rings is 1. The molecular weight excluding hydrogens is 644 g/mol.